The maximum absolute atomic E-state index is 11.8. The number of nitrogens with two attached hydrogens (primary N) is 1. The molecule has 0 aromatic carbocycles. The van der Waals surface area contributed by atoms with Crippen molar-refractivity contribution in [3.8, 4) is 0 Å². The fraction of sp³-hybridized carbons (Fsp3) is 0.727. The molecular formula is C11H21N3O2S. The van der Waals surface area contributed by atoms with Gasteiger partial charge in [-0.05, 0) is 27.7 Å². The summed E-state index contributed by atoms with van der Waals surface area (Å²) in [5.74, 6) is -0.437. The molecule has 0 unspecified atom stereocenters. The number of thiocarbonyl (C=S) groups is 1. The van der Waals surface area contributed by atoms with Crippen LogP contribution in [-0.4, -0.2) is 41.3 Å². The first kappa shape index (κ1) is 15.8. The van der Waals surface area contributed by atoms with Crippen molar-refractivity contribution in [1.82, 2.24) is 10.2 Å². The summed E-state index contributed by atoms with van der Waals surface area (Å²) >= 11 is 4.81. The maximum Gasteiger partial charge on any atom is 0.241 e. The summed E-state index contributed by atoms with van der Waals surface area (Å²) in [5, 5.41) is 2.56. The Morgan fingerprint density at radius 2 is 1.76 bits per heavy atom. The van der Waals surface area contributed by atoms with Crippen LogP contribution in [0.2, 0.25) is 0 Å². The molecule has 17 heavy (non-hydrogen) atoms. The van der Waals surface area contributed by atoms with Gasteiger partial charge in [-0.3, -0.25) is 9.59 Å². The van der Waals surface area contributed by atoms with Crippen LogP contribution in [0, 0.1) is 5.41 Å². The molecule has 0 radical (unpaired) electrons. The number of nitrogens with one attached hydrogen (secondary N) is 1. The second-order valence-corrected chi connectivity index (χ2v) is 4.68. The maximum atomic E-state index is 11.8. The number of rotatable bonds is 6. The number of hydrogen-bond acceptors (Lipinski definition) is 3. The van der Waals surface area contributed by atoms with E-state index < -0.39 is 5.41 Å². The minimum absolute atomic E-state index is 0.0213. The molecule has 0 rings (SSSR count). The molecule has 0 aliphatic heterocycles. The molecule has 0 aromatic rings. The molecule has 0 heterocycles. The van der Waals surface area contributed by atoms with Crippen LogP contribution in [0.5, 0.6) is 0 Å². The number of carbonyl (C=O) groups is 2. The average Bonchev–Trinajstić information content (AvgIpc) is 2.27. The Kier molecular flexibility index (Phi) is 6.09. The number of nitrogens with zero attached hydrogens (tertiary/aromatic N) is 1. The molecule has 0 saturated carbocycles. The monoisotopic (exact) mass is 259 g/mol. The van der Waals surface area contributed by atoms with Crippen LogP contribution in [0.15, 0.2) is 0 Å². The minimum atomic E-state index is -0.932. The zero-order chi connectivity index (χ0) is 13.6. The van der Waals surface area contributed by atoms with E-state index in [0.717, 1.165) is 0 Å². The van der Waals surface area contributed by atoms with Gasteiger partial charge in [0, 0.05) is 13.1 Å². The van der Waals surface area contributed by atoms with Crippen molar-refractivity contribution in [2.45, 2.75) is 27.7 Å². The second-order valence-electron chi connectivity index (χ2n) is 4.24. The van der Waals surface area contributed by atoms with Gasteiger partial charge < -0.3 is 16.0 Å². The second kappa shape index (κ2) is 6.54. The third-order valence-electron chi connectivity index (χ3n) is 2.70. The Morgan fingerprint density at radius 1 is 1.29 bits per heavy atom. The molecule has 0 saturated heterocycles. The first-order chi connectivity index (χ1) is 7.77. The highest BCUT2D eigenvalue weighted by atomic mass is 32.1. The molecule has 3 N–H and O–H groups in total. The van der Waals surface area contributed by atoms with Gasteiger partial charge in [0.2, 0.25) is 11.8 Å². The zero-order valence-corrected chi connectivity index (χ0v) is 11.7. The fourth-order valence-corrected chi connectivity index (χ4v) is 1.27. The van der Waals surface area contributed by atoms with Crippen molar-refractivity contribution < 1.29 is 9.59 Å². The number of likely N-dealkylation sites (N-methyl/N-ethyl adjacent to an activating group) is 1. The number of amides is 2. The lowest BCUT2D eigenvalue weighted by Gasteiger charge is -2.23. The van der Waals surface area contributed by atoms with Crippen LogP contribution in [0.1, 0.15) is 27.7 Å². The summed E-state index contributed by atoms with van der Waals surface area (Å²) < 4.78 is 0. The lowest BCUT2D eigenvalue weighted by atomic mass is 9.92. The van der Waals surface area contributed by atoms with Gasteiger partial charge in [0.05, 0.1) is 16.9 Å². The zero-order valence-electron chi connectivity index (χ0n) is 10.9. The average molecular weight is 259 g/mol. The first-order valence-electron chi connectivity index (χ1n) is 5.63. The Bertz CT molecular complexity index is 312. The molecule has 0 fully saturated rings. The van der Waals surface area contributed by atoms with E-state index in [-0.39, 0.29) is 23.3 Å². The van der Waals surface area contributed by atoms with E-state index in [1.54, 1.807) is 18.7 Å². The van der Waals surface area contributed by atoms with Crippen molar-refractivity contribution >= 4 is 29.0 Å². The fourth-order valence-electron chi connectivity index (χ4n) is 1.18. The van der Waals surface area contributed by atoms with Gasteiger partial charge in [-0.2, -0.15) is 0 Å². The molecule has 2 amide bonds. The van der Waals surface area contributed by atoms with E-state index in [4.69, 9.17) is 18.0 Å². The van der Waals surface area contributed by atoms with Gasteiger partial charge in [0.25, 0.3) is 0 Å². The van der Waals surface area contributed by atoms with Crippen molar-refractivity contribution in [2.75, 3.05) is 19.6 Å². The Hall–Kier alpha value is -1.17. The Labute approximate surface area is 108 Å². The normalized spacial score (nSPS) is 10.8. The predicted octanol–water partition coefficient (Wildman–Crippen LogP) is 0.283. The smallest absolute Gasteiger partial charge is 0.241 e. The van der Waals surface area contributed by atoms with E-state index >= 15 is 0 Å². The summed E-state index contributed by atoms with van der Waals surface area (Å²) in [6, 6.07) is 0. The summed E-state index contributed by atoms with van der Waals surface area (Å²) in [7, 11) is 0. The molecule has 0 aromatic heterocycles. The summed E-state index contributed by atoms with van der Waals surface area (Å²) in [5.41, 5.74) is 4.53. The Morgan fingerprint density at radius 3 is 2.12 bits per heavy atom. The van der Waals surface area contributed by atoms with Crippen LogP contribution in [-0.2, 0) is 9.59 Å². The predicted molar refractivity (Wildman–Crippen MR) is 71.5 cm³/mol. The van der Waals surface area contributed by atoms with Gasteiger partial charge in [-0.1, -0.05) is 12.2 Å². The molecule has 98 valence electrons. The van der Waals surface area contributed by atoms with Gasteiger partial charge in [0.1, 0.15) is 0 Å². The summed E-state index contributed by atoms with van der Waals surface area (Å²) in [4.78, 5) is 25.2. The topological polar surface area (TPSA) is 75.4 Å². The third-order valence-corrected chi connectivity index (χ3v) is 3.21. The lowest BCUT2D eigenvalue weighted by molar-refractivity contribution is -0.134. The summed E-state index contributed by atoms with van der Waals surface area (Å²) in [6.45, 7) is 8.28. The van der Waals surface area contributed by atoms with Crippen LogP contribution in [0.3, 0.4) is 0 Å². The Balaban J connectivity index is 4.35. The standard InChI is InChI=1S/C11H21N3O2S/c1-5-14(6-2)8(15)7-13-10(16)11(3,4)9(12)17/h5-7H2,1-4H3,(H2,12,17)(H,13,16). The van der Waals surface area contributed by atoms with Crippen LogP contribution in [0.25, 0.3) is 0 Å². The van der Waals surface area contributed by atoms with Crippen molar-refractivity contribution in [2.24, 2.45) is 11.1 Å². The van der Waals surface area contributed by atoms with Gasteiger partial charge >= 0.3 is 0 Å². The molecule has 0 aliphatic carbocycles. The molecule has 5 nitrogen and oxygen atoms in total. The van der Waals surface area contributed by atoms with Gasteiger partial charge in [-0.25, -0.2) is 0 Å². The van der Waals surface area contributed by atoms with Crippen LogP contribution >= 0.6 is 12.2 Å². The molecule has 6 heteroatoms. The highest BCUT2D eigenvalue weighted by molar-refractivity contribution is 7.80. The molecule has 0 aliphatic rings. The largest absolute Gasteiger partial charge is 0.392 e. The van der Waals surface area contributed by atoms with Crippen LogP contribution in [0.4, 0.5) is 0 Å². The van der Waals surface area contributed by atoms with Crippen molar-refractivity contribution in [3.05, 3.63) is 0 Å². The third kappa shape index (κ3) is 4.30. The van der Waals surface area contributed by atoms with E-state index in [0.29, 0.717) is 13.1 Å². The quantitative estimate of drug-likeness (QED) is 0.672. The minimum Gasteiger partial charge on any atom is -0.392 e. The van der Waals surface area contributed by atoms with E-state index in [1.165, 1.54) is 0 Å². The van der Waals surface area contributed by atoms with E-state index in [2.05, 4.69) is 5.32 Å². The van der Waals surface area contributed by atoms with Gasteiger partial charge in [-0.15, -0.1) is 0 Å². The van der Waals surface area contributed by atoms with Crippen molar-refractivity contribution in [1.29, 1.82) is 0 Å². The first-order valence-corrected chi connectivity index (χ1v) is 6.04. The highest BCUT2D eigenvalue weighted by Crippen LogP contribution is 2.14. The van der Waals surface area contributed by atoms with E-state index in [9.17, 15) is 9.59 Å². The number of hydrogen-bond donors (Lipinski definition) is 2. The van der Waals surface area contributed by atoms with Crippen molar-refractivity contribution in [3.63, 3.8) is 0 Å². The van der Waals surface area contributed by atoms with E-state index in [1.807, 2.05) is 13.8 Å². The highest BCUT2D eigenvalue weighted by Gasteiger charge is 2.31. The molecule has 0 bridgehead atoms. The number of carbonyl (C=O) groups excluding carboxylic acids is 2. The molecule has 0 spiro atoms. The van der Waals surface area contributed by atoms with Crippen LogP contribution < -0.4 is 11.1 Å². The molecule has 0 atom stereocenters. The lowest BCUT2D eigenvalue weighted by Crippen LogP contribution is -2.48. The molecular weight excluding hydrogens is 238 g/mol. The summed E-state index contributed by atoms with van der Waals surface area (Å²) in [6.07, 6.45) is 0. The van der Waals surface area contributed by atoms with Gasteiger partial charge in [0.15, 0.2) is 0 Å². The SMILES string of the molecule is CCN(CC)C(=O)CNC(=O)C(C)(C)C(N)=S.